The van der Waals surface area contributed by atoms with Crippen molar-refractivity contribution in [3.8, 4) is 11.6 Å². The molecule has 0 saturated carbocycles. The van der Waals surface area contributed by atoms with E-state index in [-0.39, 0.29) is 11.9 Å². The molecule has 1 aliphatic heterocycles. The molecule has 2 aromatic carbocycles. The van der Waals surface area contributed by atoms with E-state index < -0.39 is 0 Å². The molecule has 0 saturated heterocycles. The first-order valence-corrected chi connectivity index (χ1v) is 9.78. The van der Waals surface area contributed by atoms with Crippen molar-refractivity contribution in [2.24, 2.45) is 7.05 Å². The molecule has 0 fully saturated rings. The van der Waals surface area contributed by atoms with Crippen molar-refractivity contribution in [1.29, 1.82) is 0 Å². The molecule has 1 unspecified atom stereocenters. The lowest BCUT2D eigenvalue weighted by molar-refractivity contribution is -0.134. The topological polar surface area (TPSA) is 56.6 Å². The second-order valence-corrected chi connectivity index (χ2v) is 7.27. The third kappa shape index (κ3) is 4.26. The van der Waals surface area contributed by atoms with Crippen molar-refractivity contribution in [1.82, 2.24) is 14.7 Å². The van der Waals surface area contributed by atoms with Crippen LogP contribution in [0.1, 0.15) is 16.8 Å². The number of ether oxygens (including phenoxy) is 2. The number of aryl methyl sites for hydroxylation is 2. The predicted octanol–water partition coefficient (Wildman–Crippen LogP) is 3.14. The SMILES string of the molecule is Cc1nn(C)c2c1CN(C(=O)Cc1ccccc1)C(COc1ccccc1)CO2. The number of hydrogen-bond donors (Lipinski definition) is 0. The zero-order chi connectivity index (χ0) is 20.2. The fourth-order valence-electron chi connectivity index (χ4n) is 3.62. The van der Waals surface area contributed by atoms with Gasteiger partial charge in [0.1, 0.15) is 25.0 Å². The van der Waals surface area contributed by atoms with E-state index in [0.717, 1.165) is 28.5 Å². The minimum atomic E-state index is -0.196. The average Bonchev–Trinajstić information content (AvgIpc) is 2.90. The van der Waals surface area contributed by atoms with E-state index in [9.17, 15) is 4.79 Å². The zero-order valence-electron chi connectivity index (χ0n) is 16.7. The summed E-state index contributed by atoms with van der Waals surface area (Å²) in [6.45, 7) is 3.14. The maximum Gasteiger partial charge on any atom is 0.227 e. The van der Waals surface area contributed by atoms with Crippen LogP contribution in [0.25, 0.3) is 0 Å². The Morgan fingerprint density at radius 2 is 1.83 bits per heavy atom. The highest BCUT2D eigenvalue weighted by Crippen LogP contribution is 2.28. The normalized spacial score (nSPS) is 15.9. The Hall–Kier alpha value is -3.28. The number of fused-ring (bicyclic) bond motifs is 1. The van der Waals surface area contributed by atoms with E-state index in [4.69, 9.17) is 9.47 Å². The summed E-state index contributed by atoms with van der Waals surface area (Å²) < 4.78 is 13.8. The first-order chi connectivity index (χ1) is 14.1. The van der Waals surface area contributed by atoms with Crippen LogP contribution in [-0.2, 0) is 24.8 Å². The summed E-state index contributed by atoms with van der Waals surface area (Å²) in [7, 11) is 1.86. The van der Waals surface area contributed by atoms with Crippen molar-refractivity contribution in [3.05, 3.63) is 77.5 Å². The lowest BCUT2D eigenvalue weighted by Crippen LogP contribution is -2.46. The first kappa shape index (κ1) is 19.1. The highest BCUT2D eigenvalue weighted by molar-refractivity contribution is 5.79. The predicted molar refractivity (Wildman–Crippen MR) is 110 cm³/mol. The number of carbonyl (C=O) groups excluding carboxylic acids is 1. The molecule has 1 aromatic heterocycles. The van der Waals surface area contributed by atoms with E-state index in [0.29, 0.717) is 26.2 Å². The van der Waals surface area contributed by atoms with Crippen LogP contribution < -0.4 is 9.47 Å². The van der Waals surface area contributed by atoms with Gasteiger partial charge in [0.05, 0.1) is 24.2 Å². The zero-order valence-corrected chi connectivity index (χ0v) is 16.7. The van der Waals surface area contributed by atoms with E-state index >= 15 is 0 Å². The van der Waals surface area contributed by atoms with Crippen LogP contribution in [0, 0.1) is 6.92 Å². The molecule has 4 rings (SSSR count). The van der Waals surface area contributed by atoms with Crippen LogP contribution in [0.4, 0.5) is 0 Å². The fraction of sp³-hybridized carbons (Fsp3) is 0.304. The number of hydrogen-bond acceptors (Lipinski definition) is 4. The summed E-state index contributed by atoms with van der Waals surface area (Å²) in [5.74, 6) is 1.56. The summed E-state index contributed by atoms with van der Waals surface area (Å²) in [4.78, 5) is 15.1. The second kappa shape index (κ2) is 8.39. The second-order valence-electron chi connectivity index (χ2n) is 7.27. The number of benzene rings is 2. The van der Waals surface area contributed by atoms with E-state index in [1.807, 2.05) is 79.5 Å². The Morgan fingerprint density at radius 3 is 2.55 bits per heavy atom. The molecule has 0 bridgehead atoms. The standard InChI is InChI=1S/C23H25N3O3/c1-17-21-14-26(22(27)13-18-9-5-3-6-10-18)19(16-29-23(21)25(2)24-17)15-28-20-11-7-4-8-12-20/h3-12,19H,13-16H2,1-2H3. The number of carbonyl (C=O) groups is 1. The van der Waals surface area contributed by atoms with Crippen LogP contribution in [0.15, 0.2) is 60.7 Å². The Balaban J connectivity index is 1.57. The third-order valence-electron chi connectivity index (χ3n) is 5.17. The third-order valence-corrected chi connectivity index (χ3v) is 5.17. The van der Waals surface area contributed by atoms with Gasteiger partial charge in [0.25, 0.3) is 0 Å². The molecule has 1 amide bonds. The molecule has 1 aliphatic rings. The minimum absolute atomic E-state index is 0.0533. The van der Waals surface area contributed by atoms with Crippen LogP contribution >= 0.6 is 0 Å². The van der Waals surface area contributed by atoms with Gasteiger partial charge in [-0.15, -0.1) is 0 Å². The summed E-state index contributed by atoms with van der Waals surface area (Å²) >= 11 is 0. The van der Waals surface area contributed by atoms with Crippen LogP contribution in [0.2, 0.25) is 0 Å². The van der Waals surface area contributed by atoms with E-state index in [2.05, 4.69) is 5.10 Å². The van der Waals surface area contributed by atoms with Gasteiger partial charge in [-0.2, -0.15) is 5.10 Å². The van der Waals surface area contributed by atoms with Gasteiger partial charge in [-0.1, -0.05) is 48.5 Å². The number of aromatic nitrogens is 2. The molecule has 29 heavy (non-hydrogen) atoms. The van der Waals surface area contributed by atoms with Crippen molar-refractivity contribution < 1.29 is 14.3 Å². The number of para-hydroxylation sites is 1. The van der Waals surface area contributed by atoms with Gasteiger partial charge in [0.2, 0.25) is 11.8 Å². The molecule has 6 heteroatoms. The maximum absolute atomic E-state index is 13.3. The van der Waals surface area contributed by atoms with Crippen LogP contribution in [0.5, 0.6) is 11.6 Å². The molecular weight excluding hydrogens is 366 g/mol. The molecule has 0 aliphatic carbocycles. The van der Waals surface area contributed by atoms with Gasteiger partial charge in [-0.25, -0.2) is 4.68 Å². The molecule has 150 valence electrons. The van der Waals surface area contributed by atoms with Crippen molar-refractivity contribution >= 4 is 5.91 Å². The Morgan fingerprint density at radius 1 is 1.14 bits per heavy atom. The Kier molecular flexibility index (Phi) is 5.51. The summed E-state index contributed by atoms with van der Waals surface area (Å²) in [5, 5.41) is 4.45. The highest BCUT2D eigenvalue weighted by atomic mass is 16.5. The smallest absolute Gasteiger partial charge is 0.227 e. The summed E-state index contributed by atoms with van der Waals surface area (Å²) in [5.41, 5.74) is 2.83. The Bertz CT molecular complexity index is 970. The van der Waals surface area contributed by atoms with Gasteiger partial charge in [0.15, 0.2) is 0 Å². The highest BCUT2D eigenvalue weighted by Gasteiger charge is 2.32. The molecule has 0 radical (unpaired) electrons. The molecule has 3 aromatic rings. The lowest BCUT2D eigenvalue weighted by Gasteiger charge is -2.29. The van der Waals surface area contributed by atoms with E-state index in [1.54, 1.807) is 4.68 Å². The van der Waals surface area contributed by atoms with Crippen molar-refractivity contribution in [2.45, 2.75) is 25.9 Å². The van der Waals surface area contributed by atoms with Crippen LogP contribution in [0.3, 0.4) is 0 Å². The maximum atomic E-state index is 13.3. The van der Waals surface area contributed by atoms with E-state index in [1.165, 1.54) is 0 Å². The summed E-state index contributed by atoms with van der Waals surface area (Å²) in [6.07, 6.45) is 0.345. The van der Waals surface area contributed by atoms with Gasteiger partial charge < -0.3 is 14.4 Å². The van der Waals surface area contributed by atoms with Crippen molar-refractivity contribution in [2.75, 3.05) is 13.2 Å². The fourth-order valence-corrected chi connectivity index (χ4v) is 3.62. The number of nitrogens with zero attached hydrogens (tertiary/aromatic N) is 3. The minimum Gasteiger partial charge on any atom is -0.491 e. The molecule has 2 heterocycles. The number of rotatable bonds is 5. The molecule has 0 N–H and O–H groups in total. The molecule has 1 atom stereocenters. The lowest BCUT2D eigenvalue weighted by atomic mass is 10.1. The summed E-state index contributed by atoms with van der Waals surface area (Å²) in [6, 6.07) is 19.3. The molecular formula is C23H25N3O3. The molecule has 6 nitrogen and oxygen atoms in total. The van der Waals surface area contributed by atoms with Gasteiger partial charge >= 0.3 is 0 Å². The molecule has 0 spiro atoms. The van der Waals surface area contributed by atoms with Crippen molar-refractivity contribution in [3.63, 3.8) is 0 Å². The Labute approximate surface area is 170 Å². The number of amides is 1. The monoisotopic (exact) mass is 391 g/mol. The van der Waals surface area contributed by atoms with Gasteiger partial charge in [0, 0.05) is 7.05 Å². The van der Waals surface area contributed by atoms with Gasteiger partial charge in [-0.3, -0.25) is 4.79 Å². The first-order valence-electron chi connectivity index (χ1n) is 9.78. The van der Waals surface area contributed by atoms with Crippen LogP contribution in [-0.4, -0.2) is 39.8 Å². The van der Waals surface area contributed by atoms with Gasteiger partial charge in [-0.05, 0) is 24.6 Å². The quantitative estimate of drug-likeness (QED) is 0.671. The average molecular weight is 391 g/mol. The largest absolute Gasteiger partial charge is 0.491 e.